The molecule has 0 spiro atoms. The van der Waals surface area contributed by atoms with Crippen molar-refractivity contribution >= 4 is 11.4 Å². The molecular weight excluding hydrogens is 234 g/mol. The van der Waals surface area contributed by atoms with Crippen LogP contribution in [0.4, 0.5) is 11.4 Å². The van der Waals surface area contributed by atoms with Crippen LogP contribution in [-0.2, 0) is 0 Å². The van der Waals surface area contributed by atoms with Gasteiger partial charge in [-0.25, -0.2) is 0 Å². The second kappa shape index (κ2) is 4.52. The van der Waals surface area contributed by atoms with E-state index in [1.807, 2.05) is 0 Å². The lowest BCUT2D eigenvalue weighted by Gasteiger charge is -2.13. The van der Waals surface area contributed by atoms with Crippen molar-refractivity contribution in [1.29, 1.82) is 0 Å². The third kappa shape index (κ3) is 1.95. The van der Waals surface area contributed by atoms with Crippen LogP contribution >= 0.6 is 0 Å². The van der Waals surface area contributed by atoms with Crippen LogP contribution in [0.25, 0.3) is 0 Å². The summed E-state index contributed by atoms with van der Waals surface area (Å²) in [5.41, 5.74) is 0.293. The number of phenols is 1. The van der Waals surface area contributed by atoms with Crippen LogP contribution in [0.5, 0.6) is 11.5 Å². The number of hydrogen-bond acceptors (Lipinski definition) is 5. The fraction of sp³-hybridized carbons (Fsp3) is 0.231. The van der Waals surface area contributed by atoms with Gasteiger partial charge < -0.3 is 15.2 Å². The molecule has 94 valence electrons. The highest BCUT2D eigenvalue weighted by Gasteiger charge is 2.22. The minimum atomic E-state index is -0.602. The fourth-order valence-electron chi connectivity index (χ4n) is 1.64. The molecule has 0 saturated carbocycles. The van der Waals surface area contributed by atoms with Gasteiger partial charge in [-0.15, -0.1) is 0 Å². The number of rotatable bonds is 4. The van der Waals surface area contributed by atoms with Gasteiger partial charge in [-0.3, -0.25) is 9.59 Å². The van der Waals surface area contributed by atoms with E-state index in [1.54, 1.807) is 26.0 Å². The highest BCUT2D eigenvalue weighted by atomic mass is 16.5. The lowest BCUT2D eigenvalue weighted by Crippen LogP contribution is -2.35. The summed E-state index contributed by atoms with van der Waals surface area (Å²) >= 11 is 0. The number of aryl methyl sites for hydroxylation is 1. The number of benzene rings is 1. The lowest BCUT2D eigenvalue weighted by atomic mass is 10.1. The van der Waals surface area contributed by atoms with E-state index in [0.29, 0.717) is 17.9 Å². The first-order chi connectivity index (χ1) is 8.54. The summed E-state index contributed by atoms with van der Waals surface area (Å²) in [6, 6.07) is 4.82. The number of anilines is 2. The molecule has 2 N–H and O–H groups in total. The van der Waals surface area contributed by atoms with Crippen molar-refractivity contribution in [2.45, 2.75) is 13.8 Å². The molecule has 0 aliphatic rings. The zero-order valence-corrected chi connectivity index (χ0v) is 10.1. The molecule has 0 aromatic heterocycles. The zero-order valence-electron chi connectivity index (χ0n) is 10.1. The molecular formula is C13H13NO4. The Morgan fingerprint density at radius 2 is 2.00 bits per heavy atom. The SMILES string of the molecule is CCOc1c(Nc2ccc(O)c(C)c2)c(=O)c1=O. The van der Waals surface area contributed by atoms with Crippen molar-refractivity contribution < 1.29 is 9.84 Å². The molecule has 5 heteroatoms. The van der Waals surface area contributed by atoms with Crippen LogP contribution in [0.15, 0.2) is 27.8 Å². The van der Waals surface area contributed by atoms with Crippen molar-refractivity contribution in [2.24, 2.45) is 0 Å². The molecule has 0 aliphatic carbocycles. The van der Waals surface area contributed by atoms with Gasteiger partial charge in [0, 0.05) is 5.69 Å². The minimum absolute atomic E-state index is 0.0771. The molecule has 5 nitrogen and oxygen atoms in total. The molecule has 0 fully saturated rings. The number of nitrogens with one attached hydrogen (secondary N) is 1. The molecule has 0 aliphatic heterocycles. The maximum absolute atomic E-state index is 11.4. The van der Waals surface area contributed by atoms with Crippen LogP contribution in [0.1, 0.15) is 12.5 Å². The molecule has 0 heterocycles. The predicted molar refractivity (Wildman–Crippen MR) is 68.6 cm³/mol. The van der Waals surface area contributed by atoms with Crippen LogP contribution in [0, 0.1) is 6.92 Å². The molecule has 0 amide bonds. The molecule has 0 saturated heterocycles. The van der Waals surface area contributed by atoms with E-state index < -0.39 is 10.9 Å². The van der Waals surface area contributed by atoms with Gasteiger partial charge in [-0.05, 0) is 37.6 Å². The number of aromatic hydroxyl groups is 1. The molecule has 0 bridgehead atoms. The second-order valence-corrected chi connectivity index (χ2v) is 3.92. The minimum Gasteiger partial charge on any atom is -0.508 e. The highest BCUT2D eigenvalue weighted by molar-refractivity contribution is 5.70. The summed E-state index contributed by atoms with van der Waals surface area (Å²) in [6.45, 7) is 3.81. The highest BCUT2D eigenvalue weighted by Crippen LogP contribution is 2.26. The molecule has 2 aromatic rings. The van der Waals surface area contributed by atoms with E-state index in [2.05, 4.69) is 5.32 Å². The maximum atomic E-state index is 11.4. The first-order valence-electron chi connectivity index (χ1n) is 5.57. The maximum Gasteiger partial charge on any atom is 0.272 e. The summed E-state index contributed by atoms with van der Waals surface area (Å²) < 4.78 is 5.10. The quantitative estimate of drug-likeness (QED) is 0.631. The molecule has 0 radical (unpaired) electrons. The summed E-state index contributed by atoms with van der Waals surface area (Å²) in [5.74, 6) is 0.254. The molecule has 0 atom stereocenters. The Bertz CT molecular complexity index is 653. The Balaban J connectivity index is 2.29. The lowest BCUT2D eigenvalue weighted by molar-refractivity contribution is 0.335. The van der Waals surface area contributed by atoms with Crippen molar-refractivity contribution in [3.63, 3.8) is 0 Å². The third-order valence-electron chi connectivity index (χ3n) is 2.62. The standard InChI is InChI=1S/C13H13NO4/c1-3-18-13-10(11(16)12(13)17)14-8-4-5-9(15)7(2)6-8/h4-6,14-15H,3H2,1-2H3. The Morgan fingerprint density at radius 3 is 2.61 bits per heavy atom. The summed E-state index contributed by atoms with van der Waals surface area (Å²) in [5, 5.41) is 12.2. The number of ether oxygens (including phenoxy) is 1. The monoisotopic (exact) mass is 247 g/mol. The molecule has 2 rings (SSSR count). The van der Waals surface area contributed by atoms with Gasteiger partial charge in [0.15, 0.2) is 5.75 Å². The molecule has 2 aromatic carbocycles. The zero-order chi connectivity index (χ0) is 13.3. The average molecular weight is 247 g/mol. The van der Waals surface area contributed by atoms with Crippen LogP contribution in [0.3, 0.4) is 0 Å². The first kappa shape index (κ1) is 12.2. The largest absolute Gasteiger partial charge is 0.508 e. The van der Waals surface area contributed by atoms with Crippen molar-refractivity contribution in [1.82, 2.24) is 0 Å². The number of hydrogen-bond donors (Lipinski definition) is 2. The summed E-state index contributed by atoms with van der Waals surface area (Å²) in [6.07, 6.45) is 0. The van der Waals surface area contributed by atoms with Gasteiger partial charge in [0.2, 0.25) is 0 Å². The Hall–Kier alpha value is -2.30. The fourth-order valence-corrected chi connectivity index (χ4v) is 1.64. The van der Waals surface area contributed by atoms with Crippen LogP contribution in [-0.4, -0.2) is 11.7 Å². The second-order valence-electron chi connectivity index (χ2n) is 3.92. The third-order valence-corrected chi connectivity index (χ3v) is 2.62. The van der Waals surface area contributed by atoms with E-state index in [1.165, 1.54) is 6.07 Å². The van der Waals surface area contributed by atoms with Crippen LogP contribution < -0.4 is 20.9 Å². The van der Waals surface area contributed by atoms with Crippen molar-refractivity contribution in [3.8, 4) is 11.5 Å². The predicted octanol–water partition coefficient (Wildman–Crippen LogP) is 1.44. The van der Waals surface area contributed by atoms with E-state index in [4.69, 9.17) is 4.74 Å². The average Bonchev–Trinajstić information content (AvgIpc) is 2.37. The van der Waals surface area contributed by atoms with Gasteiger partial charge >= 0.3 is 0 Å². The van der Waals surface area contributed by atoms with E-state index in [-0.39, 0.29) is 17.2 Å². The van der Waals surface area contributed by atoms with Crippen molar-refractivity contribution in [2.75, 3.05) is 11.9 Å². The van der Waals surface area contributed by atoms with Gasteiger partial charge in [0.1, 0.15) is 11.4 Å². The normalized spacial score (nSPS) is 10.6. The molecule has 18 heavy (non-hydrogen) atoms. The van der Waals surface area contributed by atoms with E-state index in [9.17, 15) is 14.7 Å². The topological polar surface area (TPSA) is 75.6 Å². The van der Waals surface area contributed by atoms with Crippen molar-refractivity contribution in [3.05, 3.63) is 44.2 Å². The van der Waals surface area contributed by atoms with Gasteiger partial charge in [0.05, 0.1) is 6.61 Å². The van der Waals surface area contributed by atoms with E-state index in [0.717, 1.165) is 0 Å². The smallest absolute Gasteiger partial charge is 0.272 e. The molecule has 0 unspecified atom stereocenters. The summed E-state index contributed by atoms with van der Waals surface area (Å²) in [7, 11) is 0. The Kier molecular flexibility index (Phi) is 3.06. The van der Waals surface area contributed by atoms with Gasteiger partial charge in [-0.1, -0.05) is 0 Å². The van der Waals surface area contributed by atoms with Gasteiger partial charge in [-0.2, -0.15) is 0 Å². The summed E-state index contributed by atoms with van der Waals surface area (Å²) in [4.78, 5) is 22.7. The number of phenolic OH excluding ortho intramolecular Hbond substituents is 1. The Labute approximate surface area is 103 Å². The van der Waals surface area contributed by atoms with Crippen LogP contribution in [0.2, 0.25) is 0 Å². The first-order valence-corrected chi connectivity index (χ1v) is 5.57. The van der Waals surface area contributed by atoms with E-state index >= 15 is 0 Å². The Morgan fingerprint density at radius 1 is 1.28 bits per heavy atom. The van der Waals surface area contributed by atoms with Gasteiger partial charge in [0.25, 0.3) is 10.9 Å².